The molecular formula is C16H19FN4OS. The topological polar surface area (TPSA) is 64.3 Å². The zero-order valence-electron chi connectivity index (χ0n) is 13.2. The Hall–Kier alpha value is -2.02. The third kappa shape index (κ3) is 3.19. The lowest BCUT2D eigenvalue weighted by Crippen LogP contribution is -2.34. The van der Waals surface area contributed by atoms with Gasteiger partial charge in [-0.1, -0.05) is 0 Å². The Kier molecular flexibility index (Phi) is 4.56. The maximum atomic E-state index is 14.0. The minimum absolute atomic E-state index is 0.200. The Morgan fingerprint density at radius 1 is 1.26 bits per heavy atom. The van der Waals surface area contributed by atoms with Crippen molar-refractivity contribution in [1.82, 2.24) is 9.97 Å². The number of nitrogens with two attached hydrogens (primary N) is 1. The van der Waals surface area contributed by atoms with E-state index in [9.17, 15) is 4.39 Å². The molecule has 1 aromatic carbocycles. The van der Waals surface area contributed by atoms with Crippen molar-refractivity contribution >= 4 is 23.3 Å². The van der Waals surface area contributed by atoms with E-state index in [-0.39, 0.29) is 5.75 Å². The summed E-state index contributed by atoms with van der Waals surface area (Å²) in [6.45, 7) is 3.63. The number of methoxy groups -OCH3 is 1. The molecule has 2 N–H and O–H groups in total. The third-order valence-electron chi connectivity index (χ3n) is 3.77. The number of aryl methyl sites for hydroxylation is 1. The van der Waals surface area contributed by atoms with Crippen LogP contribution in [0.1, 0.15) is 5.82 Å². The van der Waals surface area contributed by atoms with Crippen molar-refractivity contribution in [2.75, 3.05) is 42.3 Å². The van der Waals surface area contributed by atoms with Gasteiger partial charge in [-0.3, -0.25) is 0 Å². The second-order valence-electron chi connectivity index (χ2n) is 5.31. The van der Waals surface area contributed by atoms with Crippen LogP contribution in [0.25, 0.3) is 11.3 Å². The quantitative estimate of drug-likeness (QED) is 0.931. The Labute approximate surface area is 139 Å². The number of thioether (sulfide) groups is 1. The molecule has 7 heteroatoms. The number of hydrogen-bond acceptors (Lipinski definition) is 6. The van der Waals surface area contributed by atoms with Crippen molar-refractivity contribution < 1.29 is 9.13 Å². The van der Waals surface area contributed by atoms with Gasteiger partial charge in [0.2, 0.25) is 0 Å². The SMILES string of the molecule is COc1ccc(-c2nc(C)nc(N3CCSCC3)c2N)cc1F. The maximum Gasteiger partial charge on any atom is 0.165 e. The minimum Gasteiger partial charge on any atom is -0.494 e. The molecule has 1 aliphatic heterocycles. The molecule has 1 aliphatic rings. The lowest BCUT2D eigenvalue weighted by molar-refractivity contribution is 0.386. The summed E-state index contributed by atoms with van der Waals surface area (Å²) in [4.78, 5) is 11.1. The number of anilines is 2. The van der Waals surface area contributed by atoms with E-state index in [1.807, 2.05) is 18.7 Å². The fourth-order valence-corrected chi connectivity index (χ4v) is 3.52. The summed E-state index contributed by atoms with van der Waals surface area (Å²) in [6.07, 6.45) is 0. The molecule has 0 spiro atoms. The zero-order chi connectivity index (χ0) is 16.4. The van der Waals surface area contributed by atoms with E-state index in [4.69, 9.17) is 10.5 Å². The molecule has 0 atom stereocenters. The van der Waals surface area contributed by atoms with Gasteiger partial charge in [-0.15, -0.1) is 0 Å². The van der Waals surface area contributed by atoms with Crippen molar-refractivity contribution in [1.29, 1.82) is 0 Å². The fourth-order valence-electron chi connectivity index (χ4n) is 2.62. The lowest BCUT2D eigenvalue weighted by Gasteiger charge is -2.29. The minimum atomic E-state index is -0.434. The van der Waals surface area contributed by atoms with Gasteiger partial charge in [-0.05, 0) is 25.1 Å². The number of halogens is 1. The lowest BCUT2D eigenvalue weighted by atomic mass is 10.1. The van der Waals surface area contributed by atoms with Crippen molar-refractivity contribution in [3.63, 3.8) is 0 Å². The normalized spacial score (nSPS) is 14.8. The first-order chi connectivity index (χ1) is 11.1. The highest BCUT2D eigenvalue weighted by Crippen LogP contribution is 2.33. The van der Waals surface area contributed by atoms with Gasteiger partial charge < -0.3 is 15.4 Å². The molecule has 0 radical (unpaired) electrons. The number of aromatic nitrogens is 2. The predicted molar refractivity (Wildman–Crippen MR) is 92.7 cm³/mol. The molecule has 0 bridgehead atoms. The van der Waals surface area contributed by atoms with Crippen LogP contribution >= 0.6 is 11.8 Å². The molecule has 1 aromatic heterocycles. The number of ether oxygens (including phenoxy) is 1. The molecule has 1 saturated heterocycles. The van der Waals surface area contributed by atoms with Gasteiger partial charge in [0.1, 0.15) is 11.5 Å². The number of rotatable bonds is 3. The van der Waals surface area contributed by atoms with E-state index in [1.54, 1.807) is 12.1 Å². The van der Waals surface area contributed by atoms with Crippen molar-refractivity contribution in [3.8, 4) is 17.0 Å². The Balaban J connectivity index is 2.05. The Morgan fingerprint density at radius 3 is 2.65 bits per heavy atom. The van der Waals surface area contributed by atoms with E-state index in [0.717, 1.165) is 30.4 Å². The molecule has 0 aliphatic carbocycles. The molecule has 0 unspecified atom stereocenters. The molecule has 23 heavy (non-hydrogen) atoms. The van der Waals surface area contributed by atoms with Crippen LogP contribution in [0.4, 0.5) is 15.9 Å². The highest BCUT2D eigenvalue weighted by Gasteiger charge is 2.20. The summed E-state index contributed by atoms with van der Waals surface area (Å²) in [5.74, 6) is 3.23. The first-order valence-electron chi connectivity index (χ1n) is 7.41. The van der Waals surface area contributed by atoms with Gasteiger partial charge in [-0.2, -0.15) is 11.8 Å². The van der Waals surface area contributed by atoms with Crippen molar-refractivity contribution in [3.05, 3.63) is 29.8 Å². The van der Waals surface area contributed by atoms with Crippen LogP contribution in [0.15, 0.2) is 18.2 Å². The second-order valence-corrected chi connectivity index (χ2v) is 6.53. The Bertz CT molecular complexity index is 719. The van der Waals surface area contributed by atoms with Crippen LogP contribution in [0.2, 0.25) is 0 Å². The largest absolute Gasteiger partial charge is 0.494 e. The van der Waals surface area contributed by atoms with E-state index >= 15 is 0 Å². The van der Waals surface area contributed by atoms with Gasteiger partial charge >= 0.3 is 0 Å². The predicted octanol–water partition coefficient (Wildman–Crippen LogP) is 2.74. The van der Waals surface area contributed by atoms with E-state index in [2.05, 4.69) is 14.9 Å². The molecule has 0 saturated carbocycles. The Morgan fingerprint density at radius 2 is 2.00 bits per heavy atom. The van der Waals surface area contributed by atoms with E-state index < -0.39 is 5.82 Å². The summed E-state index contributed by atoms with van der Waals surface area (Å²) < 4.78 is 19.0. The highest BCUT2D eigenvalue weighted by molar-refractivity contribution is 7.99. The van der Waals surface area contributed by atoms with Crippen LogP contribution in [0.5, 0.6) is 5.75 Å². The first kappa shape index (κ1) is 15.9. The van der Waals surface area contributed by atoms with Crippen LogP contribution in [-0.4, -0.2) is 41.7 Å². The summed E-state index contributed by atoms with van der Waals surface area (Å²) >= 11 is 1.92. The van der Waals surface area contributed by atoms with Gasteiger partial charge in [0.15, 0.2) is 17.4 Å². The molecule has 2 aromatic rings. The molecule has 122 valence electrons. The fraction of sp³-hybridized carbons (Fsp3) is 0.375. The average molecular weight is 334 g/mol. The summed E-state index contributed by atoms with van der Waals surface area (Å²) in [7, 11) is 1.44. The standard InChI is InChI=1S/C16H19FN4OS/c1-10-19-15(11-3-4-13(22-2)12(17)9-11)14(18)16(20-10)21-5-7-23-8-6-21/h3-4,9H,5-8,18H2,1-2H3. The van der Waals surface area contributed by atoms with Crippen molar-refractivity contribution in [2.24, 2.45) is 0 Å². The smallest absolute Gasteiger partial charge is 0.165 e. The van der Waals surface area contributed by atoms with E-state index in [0.29, 0.717) is 22.8 Å². The summed E-state index contributed by atoms with van der Waals surface area (Å²) in [6, 6.07) is 4.74. The molecule has 1 fully saturated rings. The molecule has 2 heterocycles. The van der Waals surface area contributed by atoms with Crippen LogP contribution in [0, 0.1) is 12.7 Å². The highest BCUT2D eigenvalue weighted by atomic mass is 32.2. The van der Waals surface area contributed by atoms with E-state index in [1.165, 1.54) is 13.2 Å². The van der Waals surface area contributed by atoms with Crippen LogP contribution < -0.4 is 15.4 Å². The number of hydrogen-bond donors (Lipinski definition) is 1. The summed E-state index contributed by atoms with van der Waals surface area (Å²) in [5, 5.41) is 0. The monoisotopic (exact) mass is 334 g/mol. The van der Waals surface area contributed by atoms with Gasteiger partial charge in [0.25, 0.3) is 0 Å². The number of nitrogen functional groups attached to an aromatic ring is 1. The molecular weight excluding hydrogens is 315 g/mol. The molecule has 3 rings (SSSR count). The average Bonchev–Trinajstić information content (AvgIpc) is 2.57. The third-order valence-corrected chi connectivity index (χ3v) is 4.72. The van der Waals surface area contributed by atoms with Gasteiger partial charge in [0.05, 0.1) is 12.8 Å². The first-order valence-corrected chi connectivity index (χ1v) is 8.56. The number of nitrogens with zero attached hydrogens (tertiary/aromatic N) is 3. The number of benzene rings is 1. The van der Waals surface area contributed by atoms with Gasteiger partial charge in [0, 0.05) is 30.2 Å². The van der Waals surface area contributed by atoms with Crippen molar-refractivity contribution in [2.45, 2.75) is 6.92 Å². The maximum absolute atomic E-state index is 14.0. The van der Waals surface area contributed by atoms with Crippen LogP contribution in [0.3, 0.4) is 0 Å². The zero-order valence-corrected chi connectivity index (χ0v) is 14.0. The summed E-state index contributed by atoms with van der Waals surface area (Å²) in [5.41, 5.74) is 7.99. The molecule has 0 amide bonds. The molecule has 5 nitrogen and oxygen atoms in total. The van der Waals surface area contributed by atoms with Gasteiger partial charge in [-0.25, -0.2) is 14.4 Å². The van der Waals surface area contributed by atoms with Crippen LogP contribution in [-0.2, 0) is 0 Å². The second kappa shape index (κ2) is 6.62.